The Bertz CT molecular complexity index is 812. The lowest BCUT2D eigenvalue weighted by Gasteiger charge is -2.10. The molecule has 0 amide bonds. The number of fused-ring (bicyclic) bond motifs is 1. The zero-order valence-electron chi connectivity index (χ0n) is 12.9. The van der Waals surface area contributed by atoms with Gasteiger partial charge in [0.25, 0.3) is 5.92 Å². The summed E-state index contributed by atoms with van der Waals surface area (Å²) in [7, 11) is 0. The van der Waals surface area contributed by atoms with E-state index in [0.29, 0.717) is 16.5 Å². The fraction of sp³-hybridized carbons (Fsp3) is 0.333. The number of nitrogens with zero attached hydrogens (tertiary/aromatic N) is 3. The number of phenols is 1. The Balaban J connectivity index is 1.92. The third-order valence-corrected chi connectivity index (χ3v) is 4.22. The van der Waals surface area contributed by atoms with E-state index >= 15 is 0 Å². The van der Waals surface area contributed by atoms with Gasteiger partial charge >= 0.3 is 0 Å². The molecule has 8 heteroatoms. The Morgan fingerprint density at radius 3 is 2.70 bits per heavy atom. The van der Waals surface area contributed by atoms with Gasteiger partial charge in [0.1, 0.15) is 11.4 Å². The predicted molar refractivity (Wildman–Crippen MR) is 87.0 cm³/mol. The van der Waals surface area contributed by atoms with Crippen LogP contribution in [-0.2, 0) is 0 Å². The van der Waals surface area contributed by atoms with E-state index in [-0.39, 0.29) is 5.75 Å². The van der Waals surface area contributed by atoms with Crippen molar-refractivity contribution in [1.29, 1.82) is 0 Å². The van der Waals surface area contributed by atoms with Crippen LogP contribution in [0.15, 0.2) is 18.3 Å². The molecule has 0 spiro atoms. The predicted octanol–water partition coefficient (Wildman–Crippen LogP) is 3.87. The van der Waals surface area contributed by atoms with Crippen molar-refractivity contribution in [3.8, 4) is 11.4 Å². The van der Waals surface area contributed by atoms with Gasteiger partial charge in [-0.3, -0.25) is 0 Å². The minimum Gasteiger partial charge on any atom is -0.506 e. The normalized spacial score (nSPS) is 12.0. The number of nitrogens with one attached hydrogen (secondary N) is 1. The van der Waals surface area contributed by atoms with Crippen LogP contribution in [0.3, 0.4) is 0 Å². The van der Waals surface area contributed by atoms with E-state index in [9.17, 15) is 13.9 Å². The van der Waals surface area contributed by atoms with Crippen LogP contribution in [0.5, 0.6) is 5.75 Å². The second-order valence-corrected chi connectivity index (χ2v) is 6.68. The highest BCUT2D eigenvalue weighted by Gasteiger charge is 2.21. The van der Waals surface area contributed by atoms with Crippen molar-refractivity contribution in [2.75, 3.05) is 11.9 Å². The van der Waals surface area contributed by atoms with Crippen LogP contribution in [0.1, 0.15) is 18.1 Å². The topological polar surface area (TPSA) is 63.0 Å². The Labute approximate surface area is 135 Å². The monoisotopic (exact) mass is 338 g/mol. The van der Waals surface area contributed by atoms with E-state index < -0.39 is 12.5 Å². The zero-order valence-corrected chi connectivity index (χ0v) is 13.7. The molecule has 1 aromatic carbocycles. The molecule has 23 heavy (non-hydrogen) atoms. The second kappa shape index (κ2) is 5.45. The molecule has 0 aliphatic carbocycles. The summed E-state index contributed by atoms with van der Waals surface area (Å²) in [5.41, 5.74) is 2.90. The summed E-state index contributed by atoms with van der Waals surface area (Å²) in [4.78, 5) is 4.20. The third kappa shape index (κ3) is 3.26. The highest BCUT2D eigenvalue weighted by atomic mass is 32.1. The number of rotatable bonds is 4. The minimum absolute atomic E-state index is 0.140. The number of anilines is 1. The largest absolute Gasteiger partial charge is 0.506 e. The number of phenolic OH excluding ortho intramolecular Hbond substituents is 1. The number of aromatic hydroxyl groups is 1. The quantitative estimate of drug-likeness (QED) is 0.758. The third-order valence-electron chi connectivity index (χ3n) is 3.28. The lowest BCUT2D eigenvalue weighted by atomic mass is 10.1. The molecule has 0 unspecified atom stereocenters. The van der Waals surface area contributed by atoms with Gasteiger partial charge in [0.15, 0.2) is 10.8 Å². The van der Waals surface area contributed by atoms with Crippen molar-refractivity contribution in [3.05, 3.63) is 29.5 Å². The second-order valence-electron chi connectivity index (χ2n) is 5.65. The summed E-state index contributed by atoms with van der Waals surface area (Å²) in [5, 5.41) is 17.5. The van der Waals surface area contributed by atoms with Gasteiger partial charge in [-0.25, -0.2) is 13.5 Å². The molecular weight excluding hydrogens is 322 g/mol. The standard InChI is InChI=1S/C15H16F2N4OS/c1-8-4-9(2)12(10(22)5-8)21-6-11-13(20-21)19-14(23-11)18-7-15(3,16)17/h4-6,22H,7H2,1-3H3,(H,18,19,20). The van der Waals surface area contributed by atoms with Gasteiger partial charge in [-0.05, 0) is 31.0 Å². The first-order valence-corrected chi connectivity index (χ1v) is 7.83. The van der Waals surface area contributed by atoms with E-state index in [0.717, 1.165) is 22.8 Å². The van der Waals surface area contributed by atoms with Gasteiger partial charge in [0, 0.05) is 6.92 Å². The highest BCUT2D eigenvalue weighted by Crippen LogP contribution is 2.31. The zero-order chi connectivity index (χ0) is 16.8. The summed E-state index contributed by atoms with van der Waals surface area (Å²) in [6, 6.07) is 3.62. The van der Waals surface area contributed by atoms with Crippen LogP contribution in [0, 0.1) is 13.8 Å². The first-order valence-electron chi connectivity index (χ1n) is 7.01. The van der Waals surface area contributed by atoms with E-state index in [1.807, 2.05) is 19.9 Å². The molecule has 0 saturated carbocycles. The molecule has 0 bridgehead atoms. The molecule has 0 radical (unpaired) electrons. The highest BCUT2D eigenvalue weighted by molar-refractivity contribution is 7.22. The minimum atomic E-state index is -2.80. The maximum Gasteiger partial charge on any atom is 0.262 e. The number of alkyl halides is 2. The molecule has 2 heterocycles. The fourth-order valence-corrected chi connectivity index (χ4v) is 3.19. The average molecular weight is 338 g/mol. The van der Waals surface area contributed by atoms with Crippen LogP contribution in [0.2, 0.25) is 0 Å². The van der Waals surface area contributed by atoms with Crippen molar-refractivity contribution in [1.82, 2.24) is 14.8 Å². The summed E-state index contributed by atoms with van der Waals surface area (Å²) in [6.07, 6.45) is 1.74. The number of hydrogen-bond donors (Lipinski definition) is 2. The number of aromatic nitrogens is 3. The van der Waals surface area contributed by atoms with Crippen molar-refractivity contribution in [2.45, 2.75) is 26.7 Å². The van der Waals surface area contributed by atoms with Crippen molar-refractivity contribution >= 4 is 26.8 Å². The van der Waals surface area contributed by atoms with E-state index in [2.05, 4.69) is 15.4 Å². The summed E-state index contributed by atoms with van der Waals surface area (Å²) in [6.45, 7) is 4.17. The number of thiazole rings is 1. The van der Waals surface area contributed by atoms with Crippen LogP contribution in [0.4, 0.5) is 13.9 Å². The van der Waals surface area contributed by atoms with Crippen molar-refractivity contribution < 1.29 is 13.9 Å². The number of halogens is 2. The van der Waals surface area contributed by atoms with Crippen LogP contribution < -0.4 is 5.32 Å². The number of hydrogen-bond acceptors (Lipinski definition) is 5. The summed E-state index contributed by atoms with van der Waals surface area (Å²) < 4.78 is 28.0. The first kappa shape index (κ1) is 15.7. The maximum atomic E-state index is 12.9. The molecule has 0 aliphatic rings. The molecule has 0 saturated heterocycles. The molecule has 122 valence electrons. The summed E-state index contributed by atoms with van der Waals surface area (Å²) in [5.74, 6) is -2.66. The average Bonchev–Trinajstić information content (AvgIpc) is 2.92. The molecule has 2 aromatic heterocycles. The lowest BCUT2D eigenvalue weighted by Crippen LogP contribution is -2.22. The number of aryl methyl sites for hydroxylation is 2. The molecule has 0 aliphatic heterocycles. The molecule has 0 atom stereocenters. The van der Waals surface area contributed by atoms with Gasteiger partial charge in [-0.1, -0.05) is 17.4 Å². The Hall–Kier alpha value is -2.22. The molecular formula is C15H16F2N4OS. The molecule has 3 aromatic rings. The first-order chi connectivity index (χ1) is 10.7. The van der Waals surface area contributed by atoms with Gasteiger partial charge in [0.05, 0.1) is 17.4 Å². The number of benzene rings is 1. The van der Waals surface area contributed by atoms with Crippen LogP contribution in [0.25, 0.3) is 16.0 Å². The Kier molecular flexibility index (Phi) is 3.71. The fourth-order valence-electron chi connectivity index (χ4n) is 2.38. The van der Waals surface area contributed by atoms with Gasteiger partial charge in [-0.15, -0.1) is 5.10 Å². The molecule has 2 N–H and O–H groups in total. The van der Waals surface area contributed by atoms with Gasteiger partial charge < -0.3 is 10.4 Å². The van der Waals surface area contributed by atoms with Crippen LogP contribution in [-0.4, -0.2) is 32.3 Å². The lowest BCUT2D eigenvalue weighted by molar-refractivity contribution is 0.0368. The molecule has 3 rings (SSSR count). The van der Waals surface area contributed by atoms with E-state index in [1.54, 1.807) is 16.9 Å². The smallest absolute Gasteiger partial charge is 0.262 e. The van der Waals surface area contributed by atoms with E-state index in [4.69, 9.17) is 0 Å². The van der Waals surface area contributed by atoms with Gasteiger partial charge in [-0.2, -0.15) is 4.98 Å². The SMILES string of the molecule is Cc1cc(C)c(-n2cc3sc(NCC(C)(F)F)nc3n2)c(O)c1. The maximum absolute atomic E-state index is 12.9. The summed E-state index contributed by atoms with van der Waals surface area (Å²) >= 11 is 1.25. The van der Waals surface area contributed by atoms with E-state index in [1.165, 1.54) is 11.3 Å². The van der Waals surface area contributed by atoms with Crippen molar-refractivity contribution in [3.63, 3.8) is 0 Å². The van der Waals surface area contributed by atoms with Crippen molar-refractivity contribution in [2.24, 2.45) is 0 Å². The molecule has 0 fully saturated rings. The Morgan fingerprint density at radius 1 is 1.35 bits per heavy atom. The van der Waals surface area contributed by atoms with Gasteiger partial charge in [0.2, 0.25) is 0 Å². The Morgan fingerprint density at radius 2 is 2.09 bits per heavy atom. The van der Waals surface area contributed by atoms with Crippen LogP contribution >= 0.6 is 11.3 Å². The molecule has 5 nitrogen and oxygen atoms in total.